The van der Waals surface area contributed by atoms with Gasteiger partial charge in [0.25, 0.3) is 0 Å². The first-order valence-corrected chi connectivity index (χ1v) is 9.12. The maximum absolute atomic E-state index is 5.81. The average molecular weight is 384 g/mol. The maximum atomic E-state index is 5.81. The van der Waals surface area contributed by atoms with Gasteiger partial charge in [-0.05, 0) is 48.5 Å². The fourth-order valence-corrected chi connectivity index (χ4v) is 2.65. The van der Waals surface area contributed by atoms with Crippen molar-refractivity contribution in [2.75, 3.05) is 23.0 Å². The van der Waals surface area contributed by atoms with E-state index in [4.69, 9.17) is 4.74 Å². The number of ether oxygens (including phenoxy) is 1. The summed E-state index contributed by atoms with van der Waals surface area (Å²) < 4.78 is 5.81. The van der Waals surface area contributed by atoms with Gasteiger partial charge in [-0.3, -0.25) is 0 Å². The van der Waals surface area contributed by atoms with Crippen molar-refractivity contribution in [2.24, 2.45) is 0 Å². The van der Waals surface area contributed by atoms with Crippen molar-refractivity contribution >= 4 is 29.0 Å². The van der Waals surface area contributed by atoms with Crippen LogP contribution in [0.2, 0.25) is 0 Å². The Kier molecular flexibility index (Phi) is 5.48. The summed E-state index contributed by atoms with van der Waals surface area (Å²) in [5.41, 5.74) is 0.894. The molecule has 144 valence electrons. The molecule has 0 saturated heterocycles. The molecule has 29 heavy (non-hydrogen) atoms. The van der Waals surface area contributed by atoms with E-state index in [1.54, 1.807) is 0 Å². The molecule has 0 aliphatic rings. The third kappa shape index (κ3) is 4.98. The van der Waals surface area contributed by atoms with Crippen molar-refractivity contribution in [3.63, 3.8) is 0 Å². The SMILES string of the molecule is CNc1cccc(Nc2cc(Nc3ccc(Oc4ccccc4)cc3)ncn2)n1. The van der Waals surface area contributed by atoms with Gasteiger partial charge in [-0.2, -0.15) is 0 Å². The molecular formula is C22H20N6O. The number of benzene rings is 2. The van der Waals surface area contributed by atoms with Crippen LogP contribution in [0.4, 0.5) is 29.0 Å². The van der Waals surface area contributed by atoms with Crippen LogP contribution in [-0.2, 0) is 0 Å². The van der Waals surface area contributed by atoms with Crippen LogP contribution in [0.1, 0.15) is 0 Å². The standard InChI is InChI=1S/C22H20N6O/c1-23-19-8-5-9-20(27-19)28-22-14-21(24-15-25-22)26-16-10-12-18(13-11-16)29-17-6-3-2-4-7-17/h2-15H,1H3,(H3,23,24,25,26,27,28). The Morgan fingerprint density at radius 2 is 1.34 bits per heavy atom. The second-order valence-electron chi connectivity index (χ2n) is 6.14. The van der Waals surface area contributed by atoms with Crippen molar-refractivity contribution < 1.29 is 4.74 Å². The van der Waals surface area contributed by atoms with Gasteiger partial charge in [-0.1, -0.05) is 24.3 Å². The van der Waals surface area contributed by atoms with Crippen molar-refractivity contribution in [1.82, 2.24) is 15.0 Å². The van der Waals surface area contributed by atoms with Gasteiger partial charge in [-0.25, -0.2) is 15.0 Å². The van der Waals surface area contributed by atoms with E-state index in [0.29, 0.717) is 17.5 Å². The number of aromatic nitrogens is 3. The zero-order valence-electron chi connectivity index (χ0n) is 15.8. The van der Waals surface area contributed by atoms with E-state index >= 15 is 0 Å². The third-order valence-corrected chi connectivity index (χ3v) is 4.03. The smallest absolute Gasteiger partial charge is 0.137 e. The summed E-state index contributed by atoms with van der Waals surface area (Å²) in [6, 6.07) is 24.9. The van der Waals surface area contributed by atoms with Gasteiger partial charge in [0, 0.05) is 18.8 Å². The molecular weight excluding hydrogens is 364 g/mol. The molecule has 0 spiro atoms. The minimum absolute atomic E-state index is 0.646. The summed E-state index contributed by atoms with van der Waals surface area (Å²) in [4.78, 5) is 13.0. The van der Waals surface area contributed by atoms with Crippen LogP contribution in [0.3, 0.4) is 0 Å². The summed E-state index contributed by atoms with van der Waals surface area (Å²) in [5, 5.41) is 9.45. The van der Waals surface area contributed by atoms with Gasteiger partial charge in [0.2, 0.25) is 0 Å². The van der Waals surface area contributed by atoms with Gasteiger partial charge < -0.3 is 20.7 Å². The highest BCUT2D eigenvalue weighted by Crippen LogP contribution is 2.24. The number of hydrogen-bond donors (Lipinski definition) is 3. The molecule has 0 bridgehead atoms. The lowest BCUT2D eigenvalue weighted by molar-refractivity contribution is 0.483. The number of anilines is 5. The molecule has 0 saturated carbocycles. The predicted octanol–water partition coefficient (Wildman–Crippen LogP) is 5.19. The zero-order chi connectivity index (χ0) is 19.9. The zero-order valence-corrected chi connectivity index (χ0v) is 15.8. The van der Waals surface area contributed by atoms with Crippen molar-refractivity contribution in [3.05, 3.63) is 85.2 Å². The number of nitrogens with one attached hydrogen (secondary N) is 3. The highest BCUT2D eigenvalue weighted by molar-refractivity contribution is 5.62. The fourth-order valence-electron chi connectivity index (χ4n) is 2.65. The average Bonchev–Trinajstić information content (AvgIpc) is 2.76. The van der Waals surface area contributed by atoms with Crippen LogP contribution in [0.5, 0.6) is 11.5 Å². The maximum Gasteiger partial charge on any atom is 0.137 e. The first-order chi connectivity index (χ1) is 14.3. The Hall–Kier alpha value is -4.13. The molecule has 0 atom stereocenters. The highest BCUT2D eigenvalue weighted by Gasteiger charge is 2.03. The molecule has 2 aromatic heterocycles. The second kappa shape index (κ2) is 8.71. The first kappa shape index (κ1) is 18.2. The molecule has 0 fully saturated rings. The minimum Gasteiger partial charge on any atom is -0.457 e. The summed E-state index contributed by atoms with van der Waals surface area (Å²) >= 11 is 0. The lowest BCUT2D eigenvalue weighted by Gasteiger charge is -2.10. The van der Waals surface area contributed by atoms with Crippen LogP contribution < -0.4 is 20.7 Å². The summed E-state index contributed by atoms with van der Waals surface area (Å²) in [6.07, 6.45) is 1.50. The van der Waals surface area contributed by atoms with E-state index in [1.165, 1.54) is 6.33 Å². The van der Waals surface area contributed by atoms with E-state index in [2.05, 4.69) is 30.9 Å². The van der Waals surface area contributed by atoms with Crippen molar-refractivity contribution in [1.29, 1.82) is 0 Å². The Labute approximate surface area is 168 Å². The molecule has 0 aliphatic carbocycles. The Bertz CT molecular complexity index is 1070. The fraction of sp³-hybridized carbons (Fsp3) is 0.0455. The van der Waals surface area contributed by atoms with Gasteiger partial charge >= 0.3 is 0 Å². The summed E-state index contributed by atoms with van der Waals surface area (Å²) in [5.74, 6) is 4.36. The van der Waals surface area contributed by atoms with Crippen molar-refractivity contribution in [3.8, 4) is 11.5 Å². The largest absolute Gasteiger partial charge is 0.457 e. The van der Waals surface area contributed by atoms with E-state index in [9.17, 15) is 0 Å². The molecule has 2 aromatic carbocycles. The lowest BCUT2D eigenvalue weighted by atomic mass is 10.3. The van der Waals surface area contributed by atoms with E-state index in [0.717, 1.165) is 23.0 Å². The van der Waals surface area contributed by atoms with Gasteiger partial charge in [0.1, 0.15) is 41.1 Å². The van der Waals surface area contributed by atoms with Gasteiger partial charge in [0.05, 0.1) is 0 Å². The highest BCUT2D eigenvalue weighted by atomic mass is 16.5. The molecule has 7 heteroatoms. The van der Waals surface area contributed by atoms with Crippen LogP contribution in [-0.4, -0.2) is 22.0 Å². The first-order valence-electron chi connectivity index (χ1n) is 9.12. The lowest BCUT2D eigenvalue weighted by Crippen LogP contribution is -2.01. The summed E-state index contributed by atoms with van der Waals surface area (Å²) in [7, 11) is 1.83. The molecule has 4 rings (SSSR count). The topological polar surface area (TPSA) is 84.0 Å². The third-order valence-electron chi connectivity index (χ3n) is 4.03. The van der Waals surface area contributed by atoms with E-state index < -0.39 is 0 Å². The Morgan fingerprint density at radius 1 is 0.655 bits per heavy atom. The number of hydrogen-bond acceptors (Lipinski definition) is 7. The molecule has 0 amide bonds. The quantitative estimate of drug-likeness (QED) is 0.404. The molecule has 4 aromatic rings. The van der Waals surface area contributed by atoms with Crippen LogP contribution in [0, 0.1) is 0 Å². The molecule has 7 nitrogen and oxygen atoms in total. The number of nitrogens with zero attached hydrogens (tertiary/aromatic N) is 3. The predicted molar refractivity (Wildman–Crippen MR) is 115 cm³/mol. The number of rotatable bonds is 7. The number of para-hydroxylation sites is 1. The second-order valence-corrected chi connectivity index (χ2v) is 6.14. The van der Waals surface area contributed by atoms with Crippen molar-refractivity contribution in [2.45, 2.75) is 0 Å². The molecule has 0 aliphatic heterocycles. The Balaban J connectivity index is 1.42. The van der Waals surface area contributed by atoms with Crippen LogP contribution in [0.25, 0.3) is 0 Å². The van der Waals surface area contributed by atoms with Crippen LogP contribution >= 0.6 is 0 Å². The molecule has 0 radical (unpaired) electrons. The van der Waals surface area contributed by atoms with E-state index in [1.807, 2.05) is 85.9 Å². The molecule has 3 N–H and O–H groups in total. The molecule has 2 heterocycles. The van der Waals surface area contributed by atoms with Crippen LogP contribution in [0.15, 0.2) is 85.2 Å². The van der Waals surface area contributed by atoms with E-state index in [-0.39, 0.29) is 0 Å². The van der Waals surface area contributed by atoms with Gasteiger partial charge in [0.15, 0.2) is 0 Å². The molecule has 0 unspecified atom stereocenters. The Morgan fingerprint density at radius 3 is 2.10 bits per heavy atom. The normalized spacial score (nSPS) is 10.2. The van der Waals surface area contributed by atoms with Gasteiger partial charge in [-0.15, -0.1) is 0 Å². The summed E-state index contributed by atoms with van der Waals surface area (Å²) in [6.45, 7) is 0. The number of pyridine rings is 1. The monoisotopic (exact) mass is 384 g/mol. The minimum atomic E-state index is 0.646.